The van der Waals surface area contributed by atoms with E-state index in [1.54, 1.807) is 0 Å². The second-order valence-electron chi connectivity index (χ2n) is 6.61. The molecule has 2 N–H and O–H groups in total. The predicted molar refractivity (Wildman–Crippen MR) is 104 cm³/mol. The molecule has 2 aromatic carbocycles. The molecule has 3 rings (SSSR count). The summed E-state index contributed by atoms with van der Waals surface area (Å²) < 4.78 is 0. The van der Waals surface area contributed by atoms with Crippen LogP contribution in [0, 0.1) is 6.92 Å². The summed E-state index contributed by atoms with van der Waals surface area (Å²) in [5.74, 6) is -0.368. The number of allylic oxidation sites excluding steroid dienone is 1. The van der Waals surface area contributed by atoms with E-state index in [-0.39, 0.29) is 5.91 Å². The molecule has 0 saturated carbocycles. The van der Waals surface area contributed by atoms with Gasteiger partial charge in [0.25, 0.3) is 0 Å². The Kier molecular flexibility index (Phi) is 5.05. The maximum atomic E-state index is 12.0. The molecule has 0 atom stereocenters. The molecule has 3 nitrogen and oxygen atoms in total. The van der Waals surface area contributed by atoms with Crippen molar-refractivity contribution >= 4 is 11.5 Å². The Balaban J connectivity index is 2.27. The van der Waals surface area contributed by atoms with Crippen molar-refractivity contribution in [1.29, 1.82) is 0 Å². The van der Waals surface area contributed by atoms with Gasteiger partial charge in [0.1, 0.15) is 0 Å². The molecule has 0 unspecified atom stereocenters. The van der Waals surface area contributed by atoms with Crippen molar-refractivity contribution in [3.05, 3.63) is 64.7 Å². The predicted octanol–water partition coefficient (Wildman–Crippen LogP) is 3.93. The van der Waals surface area contributed by atoms with Gasteiger partial charge in [0.2, 0.25) is 5.91 Å². The normalized spacial score (nSPS) is 15.1. The zero-order valence-electron chi connectivity index (χ0n) is 15.3. The SMILES string of the molecule is C/C=C(/C(N)=O)c1cc(-c2ccccc2)c2c(c1C)CN(CC)CC2. The molecule has 0 spiro atoms. The van der Waals surface area contributed by atoms with Crippen LogP contribution in [0.2, 0.25) is 0 Å². The second kappa shape index (κ2) is 7.24. The number of nitrogens with zero attached hydrogens (tertiary/aromatic N) is 1. The van der Waals surface area contributed by atoms with E-state index in [0.29, 0.717) is 5.57 Å². The molecule has 130 valence electrons. The van der Waals surface area contributed by atoms with Crippen LogP contribution in [-0.4, -0.2) is 23.9 Å². The van der Waals surface area contributed by atoms with Gasteiger partial charge < -0.3 is 5.73 Å². The summed E-state index contributed by atoms with van der Waals surface area (Å²) in [6, 6.07) is 12.6. The molecule has 0 saturated heterocycles. The molecular weight excluding hydrogens is 308 g/mol. The van der Waals surface area contributed by atoms with Gasteiger partial charge in [0.05, 0.1) is 0 Å². The third kappa shape index (κ3) is 3.24. The van der Waals surface area contributed by atoms with Crippen LogP contribution in [0.25, 0.3) is 16.7 Å². The van der Waals surface area contributed by atoms with Crippen molar-refractivity contribution < 1.29 is 4.79 Å². The number of amides is 1. The van der Waals surface area contributed by atoms with Crippen LogP contribution in [0.3, 0.4) is 0 Å². The lowest BCUT2D eigenvalue weighted by Gasteiger charge is -2.32. The first kappa shape index (κ1) is 17.4. The number of hydrogen-bond donors (Lipinski definition) is 1. The lowest BCUT2D eigenvalue weighted by molar-refractivity contribution is -0.112. The molecule has 0 aliphatic carbocycles. The number of fused-ring (bicyclic) bond motifs is 1. The van der Waals surface area contributed by atoms with Gasteiger partial charge in [0.15, 0.2) is 0 Å². The van der Waals surface area contributed by atoms with Crippen molar-refractivity contribution in [2.45, 2.75) is 33.7 Å². The van der Waals surface area contributed by atoms with Crippen molar-refractivity contribution in [2.75, 3.05) is 13.1 Å². The quantitative estimate of drug-likeness (QED) is 0.861. The summed E-state index contributed by atoms with van der Waals surface area (Å²) in [7, 11) is 0. The zero-order valence-corrected chi connectivity index (χ0v) is 15.3. The number of primary amides is 1. The molecule has 0 radical (unpaired) electrons. The summed E-state index contributed by atoms with van der Waals surface area (Å²) in [5, 5.41) is 0. The topological polar surface area (TPSA) is 46.3 Å². The number of nitrogens with two attached hydrogens (primary N) is 1. The smallest absolute Gasteiger partial charge is 0.248 e. The molecule has 0 aromatic heterocycles. The Morgan fingerprint density at radius 3 is 2.56 bits per heavy atom. The molecule has 1 amide bonds. The van der Waals surface area contributed by atoms with E-state index < -0.39 is 0 Å². The fourth-order valence-corrected chi connectivity index (χ4v) is 3.82. The maximum Gasteiger partial charge on any atom is 0.248 e. The van der Waals surface area contributed by atoms with Gasteiger partial charge in [-0.3, -0.25) is 9.69 Å². The Bertz CT molecular complexity index is 822. The van der Waals surface area contributed by atoms with Crippen LogP contribution in [0.4, 0.5) is 0 Å². The highest BCUT2D eigenvalue weighted by molar-refractivity contribution is 6.19. The van der Waals surface area contributed by atoms with Gasteiger partial charge >= 0.3 is 0 Å². The maximum absolute atomic E-state index is 12.0. The number of carbonyl (C=O) groups excluding carboxylic acids is 1. The van der Waals surface area contributed by atoms with Crippen LogP contribution in [0.1, 0.15) is 36.1 Å². The first-order chi connectivity index (χ1) is 12.1. The largest absolute Gasteiger partial charge is 0.366 e. The summed E-state index contributed by atoms with van der Waals surface area (Å²) >= 11 is 0. The van der Waals surface area contributed by atoms with Gasteiger partial charge in [-0.25, -0.2) is 0 Å². The van der Waals surface area contributed by atoms with Gasteiger partial charge in [-0.05, 0) is 66.3 Å². The van der Waals surface area contributed by atoms with Gasteiger partial charge in [-0.1, -0.05) is 43.3 Å². The first-order valence-corrected chi connectivity index (χ1v) is 8.96. The van der Waals surface area contributed by atoms with E-state index in [1.165, 1.54) is 27.8 Å². The average Bonchev–Trinajstić information content (AvgIpc) is 2.64. The van der Waals surface area contributed by atoms with E-state index in [2.05, 4.69) is 49.1 Å². The van der Waals surface area contributed by atoms with E-state index in [9.17, 15) is 4.79 Å². The van der Waals surface area contributed by atoms with Crippen LogP contribution in [0.5, 0.6) is 0 Å². The Morgan fingerprint density at radius 1 is 1.24 bits per heavy atom. The first-order valence-electron chi connectivity index (χ1n) is 8.96. The minimum atomic E-state index is -0.368. The van der Waals surface area contributed by atoms with Crippen molar-refractivity contribution in [3.8, 4) is 11.1 Å². The van der Waals surface area contributed by atoms with Crippen LogP contribution < -0.4 is 5.73 Å². The lowest BCUT2D eigenvalue weighted by atomic mass is 9.83. The van der Waals surface area contributed by atoms with Crippen molar-refractivity contribution in [2.24, 2.45) is 5.73 Å². The monoisotopic (exact) mass is 334 g/mol. The summed E-state index contributed by atoms with van der Waals surface area (Å²) in [5.41, 5.74) is 13.6. The van der Waals surface area contributed by atoms with Gasteiger partial charge in [0, 0.05) is 18.7 Å². The minimum Gasteiger partial charge on any atom is -0.366 e. The van der Waals surface area contributed by atoms with E-state index in [4.69, 9.17) is 5.73 Å². The second-order valence-corrected chi connectivity index (χ2v) is 6.61. The third-order valence-electron chi connectivity index (χ3n) is 5.27. The number of hydrogen-bond acceptors (Lipinski definition) is 2. The molecule has 2 aromatic rings. The summed E-state index contributed by atoms with van der Waals surface area (Å²) in [6.45, 7) is 9.24. The third-order valence-corrected chi connectivity index (χ3v) is 5.27. The highest BCUT2D eigenvalue weighted by atomic mass is 16.1. The van der Waals surface area contributed by atoms with E-state index >= 15 is 0 Å². The average molecular weight is 334 g/mol. The van der Waals surface area contributed by atoms with Crippen LogP contribution >= 0.6 is 0 Å². The van der Waals surface area contributed by atoms with Gasteiger partial charge in [-0.15, -0.1) is 0 Å². The summed E-state index contributed by atoms with van der Waals surface area (Å²) in [6.07, 6.45) is 2.86. The molecule has 1 aliphatic rings. The number of benzene rings is 2. The highest BCUT2D eigenvalue weighted by Gasteiger charge is 2.24. The fraction of sp³-hybridized carbons (Fsp3) is 0.318. The van der Waals surface area contributed by atoms with Crippen LogP contribution in [0.15, 0.2) is 42.5 Å². The van der Waals surface area contributed by atoms with E-state index in [1.807, 2.05) is 19.1 Å². The fourth-order valence-electron chi connectivity index (χ4n) is 3.82. The molecular formula is C22H26N2O. The molecule has 1 heterocycles. The van der Waals surface area contributed by atoms with E-state index in [0.717, 1.165) is 31.6 Å². The number of carbonyl (C=O) groups is 1. The highest BCUT2D eigenvalue weighted by Crippen LogP contribution is 2.36. The molecule has 3 heteroatoms. The minimum absolute atomic E-state index is 0.368. The zero-order chi connectivity index (χ0) is 18.0. The molecule has 0 fully saturated rings. The van der Waals surface area contributed by atoms with Crippen molar-refractivity contribution in [3.63, 3.8) is 0 Å². The molecule has 1 aliphatic heterocycles. The Hall–Kier alpha value is -2.39. The molecule has 25 heavy (non-hydrogen) atoms. The number of rotatable bonds is 4. The summed E-state index contributed by atoms with van der Waals surface area (Å²) in [4.78, 5) is 14.4. The number of likely N-dealkylation sites (N-methyl/N-ethyl adjacent to an activating group) is 1. The Morgan fingerprint density at radius 2 is 1.96 bits per heavy atom. The Labute approximate surface area is 150 Å². The van der Waals surface area contributed by atoms with Gasteiger partial charge in [-0.2, -0.15) is 0 Å². The molecule has 0 bridgehead atoms. The standard InChI is InChI=1S/C22H26N2O/c1-4-17(22(23)25)19-13-20(16-9-7-6-8-10-16)18-11-12-24(5-2)14-21(18)15(19)3/h4,6-10,13H,5,11-12,14H2,1-3H3,(H2,23,25)/b17-4+. The lowest BCUT2D eigenvalue weighted by Crippen LogP contribution is -2.31. The van der Waals surface area contributed by atoms with Crippen molar-refractivity contribution in [1.82, 2.24) is 4.90 Å². The van der Waals surface area contributed by atoms with Crippen LogP contribution in [-0.2, 0) is 17.8 Å².